The quantitative estimate of drug-likeness (QED) is 0.139. The summed E-state index contributed by atoms with van der Waals surface area (Å²) in [7, 11) is 2.41. The molecule has 0 saturated carbocycles. The van der Waals surface area contributed by atoms with E-state index < -0.39 is 18.1 Å². The summed E-state index contributed by atoms with van der Waals surface area (Å²) >= 11 is 0. The van der Waals surface area contributed by atoms with Crippen LogP contribution >= 0.6 is 0 Å². The average molecular weight is 745 g/mol. The molecule has 4 heterocycles. The normalized spacial score (nSPS) is 26.3. The van der Waals surface area contributed by atoms with E-state index in [2.05, 4.69) is 33.0 Å². The van der Waals surface area contributed by atoms with Gasteiger partial charge >= 0.3 is 32.3 Å². The first kappa shape index (κ1) is 44.8. The van der Waals surface area contributed by atoms with E-state index in [-0.39, 0.29) is 68.6 Å². The lowest BCUT2D eigenvalue weighted by Gasteiger charge is -2.32. The van der Waals surface area contributed by atoms with Crippen molar-refractivity contribution in [1.82, 2.24) is 10.2 Å². The minimum Gasteiger partial charge on any atom is -0.468 e. The van der Waals surface area contributed by atoms with Crippen molar-refractivity contribution in [1.29, 1.82) is 0 Å². The number of amides is 1. The number of esters is 2. The van der Waals surface area contributed by atoms with Gasteiger partial charge in [-0.1, -0.05) is 50.6 Å². The summed E-state index contributed by atoms with van der Waals surface area (Å²) in [5, 5.41) is 3.22. The van der Waals surface area contributed by atoms with E-state index in [0.717, 1.165) is 63.3 Å². The van der Waals surface area contributed by atoms with Crippen LogP contribution in [-0.2, 0) is 49.0 Å². The first-order valence-corrected chi connectivity index (χ1v) is 19.0. The number of ether oxygens (including phenoxy) is 3. The van der Waals surface area contributed by atoms with E-state index in [1.807, 2.05) is 58.0 Å². The fraction of sp³-hybridized carbons (Fsp3) is 0.769. The van der Waals surface area contributed by atoms with E-state index in [4.69, 9.17) is 32.8 Å². The van der Waals surface area contributed by atoms with Gasteiger partial charge < -0.3 is 38.1 Å². The van der Waals surface area contributed by atoms with Crippen molar-refractivity contribution in [2.75, 3.05) is 27.3 Å². The number of methoxy groups -OCH3 is 2. The van der Waals surface area contributed by atoms with Gasteiger partial charge in [0, 0.05) is 6.54 Å². The van der Waals surface area contributed by atoms with Crippen LogP contribution in [0.2, 0.25) is 12.6 Å². The molecular formula is C39H66B2N2O10. The van der Waals surface area contributed by atoms with Crippen molar-refractivity contribution in [3.8, 4) is 0 Å². The maximum Gasteiger partial charge on any atom is 0.457 e. The van der Waals surface area contributed by atoms with Crippen molar-refractivity contribution >= 4 is 32.3 Å². The van der Waals surface area contributed by atoms with E-state index in [1.54, 1.807) is 0 Å². The molecule has 5 rings (SSSR count). The zero-order valence-corrected chi connectivity index (χ0v) is 33.2. The van der Waals surface area contributed by atoms with Crippen LogP contribution in [0.4, 0.5) is 4.79 Å². The highest BCUT2D eigenvalue weighted by molar-refractivity contribution is 6.45. The molecule has 298 valence electrons. The second kappa shape index (κ2) is 18.8. The van der Waals surface area contributed by atoms with Gasteiger partial charge in [-0.2, -0.15) is 0 Å². The lowest BCUT2D eigenvalue weighted by Crippen LogP contribution is -2.44. The predicted octanol–water partition coefficient (Wildman–Crippen LogP) is 6.71. The number of rotatable bonds is 12. The first-order valence-electron chi connectivity index (χ1n) is 19.0. The number of likely N-dealkylation sites (tertiary alicyclic amines) is 1. The Balaban J connectivity index is 0.000000301. The Hall–Kier alpha value is -2.64. The van der Waals surface area contributed by atoms with Crippen LogP contribution in [0.1, 0.15) is 107 Å². The molecule has 4 fully saturated rings. The third kappa shape index (κ3) is 11.2. The Morgan fingerprint density at radius 1 is 0.755 bits per heavy atom. The van der Waals surface area contributed by atoms with Crippen molar-refractivity contribution < 1.29 is 47.2 Å². The van der Waals surface area contributed by atoms with Crippen LogP contribution in [0, 0.1) is 11.8 Å². The number of nitrogens with zero attached hydrogens (tertiary/aromatic N) is 1. The van der Waals surface area contributed by atoms with E-state index in [1.165, 1.54) is 19.1 Å². The molecule has 12 nitrogen and oxygen atoms in total. The van der Waals surface area contributed by atoms with Gasteiger partial charge in [0.15, 0.2) is 0 Å². The molecule has 0 bridgehead atoms. The van der Waals surface area contributed by atoms with Crippen LogP contribution in [0.3, 0.4) is 0 Å². The third-order valence-corrected chi connectivity index (χ3v) is 11.8. The second-order valence-corrected chi connectivity index (χ2v) is 16.5. The van der Waals surface area contributed by atoms with Gasteiger partial charge in [-0.3, -0.25) is 9.69 Å². The standard InChI is InChI=1S/C23H34BNO6.C15H28BNO4.CH4/c1-22(2)23(3,4)31-24(30-22)14-9-12-18-13-15-25(19(18)20(26)28-5)21(27)29-16-17-10-7-6-8-11-17;1-14(2)15(3,4)21-16(20-14)9-6-7-11-8-10-17-12(11)13(18)19-5;/h6-8,10-11,18-19H,9,12-16H2,1-5H3;11-12,17H,6-10H2,1-5H3;1H4. The van der Waals surface area contributed by atoms with Crippen LogP contribution in [0.15, 0.2) is 30.3 Å². The van der Waals surface area contributed by atoms with E-state index in [0.29, 0.717) is 12.5 Å². The highest BCUT2D eigenvalue weighted by Crippen LogP contribution is 2.40. The highest BCUT2D eigenvalue weighted by atomic mass is 16.7. The lowest BCUT2D eigenvalue weighted by atomic mass is 9.80. The molecule has 14 heteroatoms. The molecule has 53 heavy (non-hydrogen) atoms. The third-order valence-electron chi connectivity index (χ3n) is 11.8. The van der Waals surface area contributed by atoms with Gasteiger partial charge in [0.1, 0.15) is 18.7 Å². The van der Waals surface area contributed by atoms with Crippen LogP contribution in [-0.4, -0.2) is 99.0 Å². The van der Waals surface area contributed by atoms with Crippen LogP contribution in [0.25, 0.3) is 0 Å². The molecular weight excluding hydrogens is 678 g/mol. The summed E-state index contributed by atoms with van der Waals surface area (Å²) < 4.78 is 39.4. The minimum atomic E-state index is -0.619. The molecule has 1 aromatic rings. The number of carbonyl (C=O) groups excluding carboxylic acids is 3. The summed E-state index contributed by atoms with van der Waals surface area (Å²) in [6.07, 6.45) is 6.52. The summed E-state index contributed by atoms with van der Waals surface area (Å²) in [5.41, 5.74) is -0.316. The lowest BCUT2D eigenvalue weighted by molar-refractivity contribution is -0.147. The summed E-state index contributed by atoms with van der Waals surface area (Å²) in [5.74, 6) is -0.151. The van der Waals surface area contributed by atoms with Gasteiger partial charge in [-0.15, -0.1) is 0 Å². The molecule has 1 aromatic carbocycles. The Labute approximate surface area is 319 Å². The number of hydrogen-bond donors (Lipinski definition) is 1. The molecule has 0 spiro atoms. The summed E-state index contributed by atoms with van der Waals surface area (Å²) in [6, 6.07) is 8.73. The fourth-order valence-electron chi connectivity index (χ4n) is 7.34. The number of benzene rings is 1. The molecule has 0 aromatic heterocycles. The maximum absolute atomic E-state index is 12.7. The van der Waals surface area contributed by atoms with E-state index >= 15 is 0 Å². The molecule has 4 atom stereocenters. The van der Waals surface area contributed by atoms with Crippen LogP contribution in [0.5, 0.6) is 0 Å². The summed E-state index contributed by atoms with van der Waals surface area (Å²) in [6.45, 7) is 18.0. The smallest absolute Gasteiger partial charge is 0.457 e. The Bertz CT molecular complexity index is 1310. The van der Waals surface area contributed by atoms with E-state index in [9.17, 15) is 14.4 Å². The Morgan fingerprint density at radius 3 is 1.74 bits per heavy atom. The Morgan fingerprint density at radius 2 is 1.25 bits per heavy atom. The fourth-order valence-corrected chi connectivity index (χ4v) is 7.34. The van der Waals surface area contributed by atoms with Gasteiger partial charge in [0.25, 0.3) is 0 Å². The van der Waals surface area contributed by atoms with Gasteiger partial charge in [0.05, 0.1) is 36.6 Å². The SMILES string of the molecule is C.COC(=O)C1C(CCCB2OC(C)(C)C(C)(C)O2)CCN1C(=O)OCc1ccccc1.COC(=O)C1NCCC1CCCB1OC(C)(C)C(C)(C)O1. The summed E-state index contributed by atoms with van der Waals surface area (Å²) in [4.78, 5) is 38.3. The highest BCUT2D eigenvalue weighted by Gasteiger charge is 2.52. The molecule has 0 aliphatic carbocycles. The van der Waals surface area contributed by atoms with Crippen molar-refractivity contribution in [3.63, 3.8) is 0 Å². The largest absolute Gasteiger partial charge is 0.468 e. The maximum atomic E-state index is 12.7. The number of carbonyl (C=O) groups is 3. The molecule has 0 radical (unpaired) electrons. The van der Waals surface area contributed by atoms with Crippen molar-refractivity contribution in [2.24, 2.45) is 11.8 Å². The van der Waals surface area contributed by atoms with Gasteiger partial charge in [-0.05, 0) is 118 Å². The number of nitrogens with one attached hydrogen (secondary N) is 1. The molecule has 4 unspecified atom stereocenters. The molecule has 1 amide bonds. The zero-order chi connectivity index (χ0) is 38.3. The molecule has 4 aliphatic heterocycles. The van der Waals surface area contributed by atoms with Crippen molar-refractivity contribution in [3.05, 3.63) is 35.9 Å². The monoisotopic (exact) mass is 744 g/mol. The first-order chi connectivity index (χ1) is 24.4. The molecule has 4 saturated heterocycles. The van der Waals surface area contributed by atoms with Crippen LogP contribution < -0.4 is 5.32 Å². The molecule has 1 N–H and O–H groups in total. The predicted molar refractivity (Wildman–Crippen MR) is 206 cm³/mol. The zero-order valence-electron chi connectivity index (χ0n) is 33.2. The minimum absolute atomic E-state index is 0. The van der Waals surface area contributed by atoms with Gasteiger partial charge in [0.2, 0.25) is 0 Å². The Kier molecular flexibility index (Phi) is 15.9. The van der Waals surface area contributed by atoms with Gasteiger partial charge in [-0.25, -0.2) is 9.59 Å². The number of hydrogen-bond acceptors (Lipinski definition) is 11. The molecule has 4 aliphatic rings. The average Bonchev–Trinajstić information content (AvgIpc) is 3.82. The van der Waals surface area contributed by atoms with Crippen molar-refractivity contribution in [2.45, 2.75) is 155 Å². The topological polar surface area (TPSA) is 131 Å². The second-order valence-electron chi connectivity index (χ2n) is 16.5.